The number of pyridine rings is 1. The van der Waals surface area contributed by atoms with E-state index in [9.17, 15) is 4.79 Å². The van der Waals surface area contributed by atoms with Crippen LogP contribution in [0.1, 0.15) is 47.6 Å². The van der Waals surface area contributed by atoms with Gasteiger partial charge in [-0.15, -0.1) is 5.10 Å². The van der Waals surface area contributed by atoms with Crippen LogP contribution in [0.25, 0.3) is 22.0 Å². The first-order valence-corrected chi connectivity index (χ1v) is 24.8. The molecule has 8 aromatic rings. The standard InChI is InChI=1S/C21H23NO.C19H22ClN5O.C19H21NO/c1-22(2)20(18-10-4-3-5-11-18)15-16-23-21-14-8-12-17-9-6-7-13-19(17)21;20-16-5-3-6-17(15-16)23-13-11-22(12-14-23)8-4-10-25-19(26)24-9-2-1-7-18(24)21-25;1-20(2)13-7-11-17-16-9-4-3-8-15(16)14-21-19-12-6-5-10-18(17)19/h3-14,20H,15-16H2,1-2H3;1-3,5-7,9,15H,4,8,10-14H2;3-6,8-12H,7,13-14H2,1-2H3/t20-;;/m0../s1. The molecule has 362 valence electrons. The SMILES string of the molecule is CN(C)CCC=C1c2ccccc2COc2ccccc21.CN(C)[C@@H](CCOc1cccc2ccccc12)c1ccccc1.O=c1n(CCCN2CCN(c3cccc(Cl)c3)CC2)nc2ccccn12. The highest BCUT2D eigenvalue weighted by Crippen LogP contribution is 2.37. The number of halogens is 1. The fourth-order valence-corrected chi connectivity index (χ4v) is 9.36. The Hall–Kier alpha value is -6.69. The van der Waals surface area contributed by atoms with Crippen LogP contribution in [0.5, 0.6) is 11.5 Å². The van der Waals surface area contributed by atoms with Crippen molar-refractivity contribution in [3.63, 3.8) is 0 Å². The lowest BCUT2D eigenvalue weighted by Crippen LogP contribution is -2.46. The summed E-state index contributed by atoms with van der Waals surface area (Å²) >= 11 is 6.09. The molecule has 70 heavy (non-hydrogen) atoms. The number of aryl methyl sites for hydroxylation is 1. The predicted molar refractivity (Wildman–Crippen MR) is 289 cm³/mol. The molecule has 10 nitrogen and oxygen atoms in total. The minimum atomic E-state index is -0.0635. The number of fused-ring (bicyclic) bond motifs is 4. The molecule has 0 radical (unpaired) electrons. The summed E-state index contributed by atoms with van der Waals surface area (Å²) in [5.74, 6) is 1.94. The zero-order valence-corrected chi connectivity index (χ0v) is 41.8. The quantitative estimate of drug-likeness (QED) is 0.107. The Kier molecular flexibility index (Phi) is 17.6. The number of ether oxygens (including phenoxy) is 2. The van der Waals surface area contributed by atoms with Crippen LogP contribution in [-0.2, 0) is 13.2 Å². The van der Waals surface area contributed by atoms with E-state index in [1.807, 2.05) is 42.5 Å². The number of piperazine rings is 1. The van der Waals surface area contributed by atoms with Gasteiger partial charge in [0.25, 0.3) is 0 Å². The van der Waals surface area contributed by atoms with E-state index in [1.54, 1.807) is 15.3 Å². The summed E-state index contributed by atoms with van der Waals surface area (Å²) in [6, 6.07) is 56.0. The van der Waals surface area contributed by atoms with Crippen LogP contribution in [0.2, 0.25) is 5.02 Å². The number of hydrogen-bond donors (Lipinski definition) is 0. The minimum Gasteiger partial charge on any atom is -0.493 e. The second-order valence-corrected chi connectivity index (χ2v) is 18.7. The van der Waals surface area contributed by atoms with Crippen LogP contribution in [0.3, 0.4) is 0 Å². The lowest BCUT2D eigenvalue weighted by atomic mass is 9.93. The minimum absolute atomic E-state index is 0.0635. The molecule has 4 heterocycles. The zero-order valence-electron chi connectivity index (χ0n) is 41.0. The molecule has 11 heteroatoms. The Bertz CT molecular complexity index is 2940. The Morgan fingerprint density at radius 2 is 1.46 bits per heavy atom. The fraction of sp³-hybridized carbons (Fsp3) is 0.288. The van der Waals surface area contributed by atoms with E-state index in [4.69, 9.17) is 21.1 Å². The number of benzene rings is 6. The first-order valence-electron chi connectivity index (χ1n) is 24.5. The molecule has 2 aromatic heterocycles. The molecular weight excluding hydrogens is 890 g/mol. The summed E-state index contributed by atoms with van der Waals surface area (Å²) in [5.41, 5.74) is 8.19. The van der Waals surface area contributed by atoms with E-state index >= 15 is 0 Å². The molecule has 10 rings (SSSR count). The fourth-order valence-electron chi connectivity index (χ4n) is 9.17. The molecule has 2 aliphatic heterocycles. The summed E-state index contributed by atoms with van der Waals surface area (Å²) < 4.78 is 15.2. The normalized spacial score (nSPS) is 14.5. The largest absolute Gasteiger partial charge is 0.493 e. The van der Waals surface area contributed by atoms with Gasteiger partial charge >= 0.3 is 5.69 Å². The van der Waals surface area contributed by atoms with Crippen molar-refractivity contribution in [3.05, 3.63) is 214 Å². The lowest BCUT2D eigenvalue weighted by Gasteiger charge is -2.36. The summed E-state index contributed by atoms with van der Waals surface area (Å²) in [6.45, 7) is 8.04. The van der Waals surface area contributed by atoms with Gasteiger partial charge in [0, 0.05) is 86.1 Å². The van der Waals surface area contributed by atoms with Crippen LogP contribution >= 0.6 is 11.6 Å². The molecule has 0 unspecified atom stereocenters. The molecule has 0 saturated carbocycles. The van der Waals surface area contributed by atoms with E-state index in [-0.39, 0.29) is 5.69 Å². The Morgan fingerprint density at radius 1 is 0.743 bits per heavy atom. The Morgan fingerprint density at radius 3 is 2.24 bits per heavy atom. The first kappa shape index (κ1) is 49.7. The van der Waals surface area contributed by atoms with Crippen molar-refractivity contribution in [2.45, 2.75) is 38.5 Å². The van der Waals surface area contributed by atoms with Crippen LogP contribution in [-0.4, -0.2) is 103 Å². The molecule has 0 N–H and O–H groups in total. The molecular formula is C59H66ClN7O3. The van der Waals surface area contributed by atoms with Crippen molar-refractivity contribution in [2.24, 2.45) is 0 Å². The summed E-state index contributed by atoms with van der Waals surface area (Å²) in [5, 5.41) is 7.56. The lowest BCUT2D eigenvalue weighted by molar-refractivity contribution is 0.225. The van der Waals surface area contributed by atoms with E-state index in [1.165, 1.54) is 44.3 Å². The third-order valence-electron chi connectivity index (χ3n) is 12.9. The molecule has 6 aromatic carbocycles. The van der Waals surface area contributed by atoms with Crippen molar-refractivity contribution in [2.75, 3.05) is 79.0 Å². The van der Waals surface area contributed by atoms with Gasteiger partial charge in [0.15, 0.2) is 5.65 Å². The molecule has 1 saturated heterocycles. The van der Waals surface area contributed by atoms with Crippen molar-refractivity contribution < 1.29 is 9.47 Å². The van der Waals surface area contributed by atoms with Gasteiger partial charge < -0.3 is 24.2 Å². The molecule has 0 amide bonds. The van der Waals surface area contributed by atoms with Gasteiger partial charge in [0.05, 0.1) is 6.61 Å². The second-order valence-electron chi connectivity index (χ2n) is 18.3. The number of aromatic nitrogens is 3. The van der Waals surface area contributed by atoms with Gasteiger partial charge in [0.1, 0.15) is 18.1 Å². The number of nitrogens with zero attached hydrogens (tertiary/aromatic N) is 7. The van der Waals surface area contributed by atoms with Crippen molar-refractivity contribution >= 4 is 39.3 Å². The maximum Gasteiger partial charge on any atom is 0.350 e. The Balaban J connectivity index is 0.000000142. The average Bonchev–Trinajstić information content (AvgIpc) is 3.61. The summed E-state index contributed by atoms with van der Waals surface area (Å²) in [7, 11) is 8.46. The molecule has 2 aliphatic rings. The molecule has 0 bridgehead atoms. The van der Waals surface area contributed by atoms with Crippen LogP contribution in [0.4, 0.5) is 5.69 Å². The third kappa shape index (κ3) is 13.1. The highest BCUT2D eigenvalue weighted by molar-refractivity contribution is 6.30. The maximum absolute atomic E-state index is 12.3. The zero-order chi connectivity index (χ0) is 48.7. The van der Waals surface area contributed by atoms with Crippen LogP contribution < -0.4 is 20.1 Å². The van der Waals surface area contributed by atoms with Gasteiger partial charge in [-0.05, 0) is 111 Å². The number of para-hydroxylation sites is 1. The van der Waals surface area contributed by atoms with E-state index < -0.39 is 0 Å². The van der Waals surface area contributed by atoms with Gasteiger partial charge in [0.2, 0.25) is 0 Å². The van der Waals surface area contributed by atoms with Gasteiger partial charge in [-0.25, -0.2) is 9.48 Å². The van der Waals surface area contributed by atoms with E-state index in [0.717, 1.165) is 75.1 Å². The summed E-state index contributed by atoms with van der Waals surface area (Å²) in [4.78, 5) is 21.5. The molecule has 0 spiro atoms. The smallest absolute Gasteiger partial charge is 0.350 e. The van der Waals surface area contributed by atoms with Crippen molar-refractivity contribution in [1.82, 2.24) is 28.9 Å². The van der Waals surface area contributed by atoms with E-state index in [2.05, 4.69) is 180 Å². The van der Waals surface area contributed by atoms with Gasteiger partial charge in [-0.1, -0.05) is 139 Å². The molecule has 1 atom stereocenters. The highest BCUT2D eigenvalue weighted by Gasteiger charge is 2.20. The number of rotatable bonds is 14. The average molecular weight is 957 g/mol. The van der Waals surface area contributed by atoms with Crippen molar-refractivity contribution in [3.8, 4) is 11.5 Å². The summed E-state index contributed by atoms with van der Waals surface area (Å²) in [6.07, 6.45) is 7.01. The number of hydrogen-bond acceptors (Lipinski definition) is 8. The highest BCUT2D eigenvalue weighted by atomic mass is 35.5. The van der Waals surface area contributed by atoms with Crippen LogP contribution in [0, 0.1) is 0 Å². The van der Waals surface area contributed by atoms with Gasteiger partial charge in [-0.3, -0.25) is 9.30 Å². The monoisotopic (exact) mass is 955 g/mol. The molecule has 1 fully saturated rings. The number of anilines is 1. The van der Waals surface area contributed by atoms with Gasteiger partial charge in [-0.2, -0.15) is 0 Å². The second kappa shape index (κ2) is 24.7. The van der Waals surface area contributed by atoms with E-state index in [0.29, 0.717) is 31.4 Å². The van der Waals surface area contributed by atoms with Crippen LogP contribution in [0.15, 0.2) is 181 Å². The first-order chi connectivity index (χ1) is 34.2. The predicted octanol–water partition coefficient (Wildman–Crippen LogP) is 11.2. The van der Waals surface area contributed by atoms with Crippen molar-refractivity contribution in [1.29, 1.82) is 0 Å². The Labute approximate surface area is 418 Å². The topological polar surface area (TPSA) is 70.7 Å². The molecule has 0 aliphatic carbocycles. The maximum atomic E-state index is 12.3. The third-order valence-corrected chi connectivity index (χ3v) is 13.1.